The third-order valence-corrected chi connectivity index (χ3v) is 3.93. The molecule has 1 atom stereocenters. The first-order valence-electron chi connectivity index (χ1n) is 6.84. The molecule has 1 rings (SSSR count). The summed E-state index contributed by atoms with van der Waals surface area (Å²) in [5, 5.41) is 3.56. The molecular formula is C15H25BrN2O. The number of hydrogen-bond acceptors (Lipinski definition) is 3. The van der Waals surface area contributed by atoms with Gasteiger partial charge in [-0.05, 0) is 38.2 Å². The van der Waals surface area contributed by atoms with Crippen LogP contribution in [0.5, 0.6) is 0 Å². The molecule has 4 heteroatoms. The van der Waals surface area contributed by atoms with Crippen molar-refractivity contribution in [2.45, 2.75) is 19.4 Å². The Morgan fingerprint density at radius 3 is 2.68 bits per heavy atom. The first-order valence-corrected chi connectivity index (χ1v) is 7.63. The Balaban J connectivity index is 2.56. The van der Waals surface area contributed by atoms with E-state index in [4.69, 9.17) is 4.74 Å². The molecule has 0 saturated carbocycles. The lowest BCUT2D eigenvalue weighted by Crippen LogP contribution is -2.29. The van der Waals surface area contributed by atoms with Crippen LogP contribution in [0.25, 0.3) is 0 Å². The van der Waals surface area contributed by atoms with E-state index in [1.54, 1.807) is 7.11 Å². The van der Waals surface area contributed by atoms with E-state index in [1.807, 2.05) is 0 Å². The number of halogens is 1. The zero-order valence-electron chi connectivity index (χ0n) is 12.2. The highest BCUT2D eigenvalue weighted by molar-refractivity contribution is 9.10. The van der Waals surface area contributed by atoms with Crippen molar-refractivity contribution in [3.05, 3.63) is 34.3 Å². The number of methoxy groups -OCH3 is 1. The quantitative estimate of drug-likeness (QED) is 0.754. The van der Waals surface area contributed by atoms with E-state index in [1.165, 1.54) is 10.0 Å². The highest BCUT2D eigenvalue weighted by Crippen LogP contribution is 2.25. The van der Waals surface area contributed by atoms with Crippen LogP contribution in [-0.4, -0.2) is 45.3 Å². The van der Waals surface area contributed by atoms with Crippen molar-refractivity contribution in [1.29, 1.82) is 0 Å². The Bertz CT molecular complexity index is 360. The molecule has 0 saturated heterocycles. The molecule has 19 heavy (non-hydrogen) atoms. The summed E-state index contributed by atoms with van der Waals surface area (Å²) in [5.74, 6) is 0. The highest BCUT2D eigenvalue weighted by atomic mass is 79.9. The minimum atomic E-state index is 0.394. The molecule has 0 spiro atoms. The van der Waals surface area contributed by atoms with Crippen molar-refractivity contribution in [1.82, 2.24) is 10.2 Å². The third kappa shape index (κ3) is 6.04. The van der Waals surface area contributed by atoms with Gasteiger partial charge in [-0.3, -0.25) is 0 Å². The lowest BCUT2D eigenvalue weighted by atomic mass is 10.0. The normalized spacial score (nSPS) is 12.9. The summed E-state index contributed by atoms with van der Waals surface area (Å²) < 4.78 is 6.29. The minimum Gasteiger partial charge on any atom is -0.383 e. The molecule has 0 aliphatic carbocycles. The van der Waals surface area contributed by atoms with E-state index in [2.05, 4.69) is 64.4 Å². The molecule has 108 valence electrons. The van der Waals surface area contributed by atoms with Gasteiger partial charge in [0.1, 0.15) is 0 Å². The van der Waals surface area contributed by atoms with Crippen LogP contribution in [0.2, 0.25) is 0 Å². The largest absolute Gasteiger partial charge is 0.383 e. The van der Waals surface area contributed by atoms with Crippen LogP contribution in [0.1, 0.15) is 24.9 Å². The summed E-state index contributed by atoms with van der Waals surface area (Å²) >= 11 is 3.64. The Labute approximate surface area is 125 Å². The fourth-order valence-corrected chi connectivity index (χ4v) is 2.64. The van der Waals surface area contributed by atoms with Crippen molar-refractivity contribution >= 4 is 15.9 Å². The molecular weight excluding hydrogens is 304 g/mol. The number of hydrogen-bond donors (Lipinski definition) is 1. The summed E-state index contributed by atoms with van der Waals surface area (Å²) in [7, 11) is 3.89. The lowest BCUT2D eigenvalue weighted by molar-refractivity contribution is 0.159. The third-order valence-electron chi connectivity index (χ3n) is 3.21. The Morgan fingerprint density at radius 2 is 2.05 bits per heavy atom. The van der Waals surface area contributed by atoms with E-state index in [-0.39, 0.29) is 0 Å². The van der Waals surface area contributed by atoms with Crippen LogP contribution in [0.3, 0.4) is 0 Å². The summed E-state index contributed by atoms with van der Waals surface area (Å²) in [6, 6.07) is 8.84. The lowest BCUT2D eigenvalue weighted by Gasteiger charge is -2.23. The smallest absolute Gasteiger partial charge is 0.0589 e. The molecule has 0 aromatic heterocycles. The van der Waals surface area contributed by atoms with Gasteiger partial charge in [-0.15, -0.1) is 0 Å². The van der Waals surface area contributed by atoms with Crippen LogP contribution < -0.4 is 5.32 Å². The molecule has 0 aliphatic rings. The maximum absolute atomic E-state index is 5.11. The van der Waals surface area contributed by atoms with Crippen LogP contribution in [0, 0.1) is 0 Å². The van der Waals surface area contributed by atoms with Gasteiger partial charge in [-0.25, -0.2) is 0 Å². The van der Waals surface area contributed by atoms with Crippen molar-refractivity contribution in [3.8, 4) is 0 Å². The van der Waals surface area contributed by atoms with Gasteiger partial charge in [-0.2, -0.15) is 0 Å². The highest BCUT2D eigenvalue weighted by Gasteiger charge is 2.13. The van der Waals surface area contributed by atoms with Crippen LogP contribution in [0.15, 0.2) is 28.7 Å². The number of rotatable bonds is 9. The Kier molecular flexibility index (Phi) is 8.30. The second-order valence-corrected chi connectivity index (χ2v) is 5.57. The fraction of sp³-hybridized carbons (Fsp3) is 0.600. The molecule has 0 radical (unpaired) electrons. The van der Waals surface area contributed by atoms with Gasteiger partial charge in [0.25, 0.3) is 0 Å². The van der Waals surface area contributed by atoms with Gasteiger partial charge in [0.05, 0.1) is 6.61 Å². The van der Waals surface area contributed by atoms with Crippen LogP contribution in [0.4, 0.5) is 0 Å². The SMILES string of the molecule is CCNC(CCN(C)CCOC)c1ccccc1Br. The van der Waals surface area contributed by atoms with Gasteiger partial charge < -0.3 is 15.0 Å². The minimum absolute atomic E-state index is 0.394. The number of nitrogens with one attached hydrogen (secondary N) is 1. The first kappa shape index (κ1) is 16.6. The van der Waals surface area contributed by atoms with Gasteiger partial charge >= 0.3 is 0 Å². The zero-order valence-corrected chi connectivity index (χ0v) is 13.7. The molecule has 1 aromatic rings. The number of ether oxygens (including phenoxy) is 1. The molecule has 1 N–H and O–H groups in total. The predicted molar refractivity (Wildman–Crippen MR) is 84.5 cm³/mol. The molecule has 0 fully saturated rings. The predicted octanol–water partition coefficient (Wildman–Crippen LogP) is 3.07. The molecule has 1 aromatic carbocycles. The van der Waals surface area contributed by atoms with Crippen molar-refractivity contribution in [2.24, 2.45) is 0 Å². The second-order valence-electron chi connectivity index (χ2n) is 4.72. The van der Waals surface area contributed by atoms with Gasteiger partial charge in [0.2, 0.25) is 0 Å². The summed E-state index contributed by atoms with van der Waals surface area (Å²) in [6.45, 7) is 5.96. The second kappa shape index (κ2) is 9.48. The molecule has 0 amide bonds. The fourth-order valence-electron chi connectivity index (χ4n) is 2.08. The number of benzene rings is 1. The van der Waals surface area contributed by atoms with E-state index < -0.39 is 0 Å². The maximum atomic E-state index is 5.11. The van der Waals surface area contributed by atoms with Crippen molar-refractivity contribution in [3.63, 3.8) is 0 Å². The summed E-state index contributed by atoms with van der Waals surface area (Å²) in [6.07, 6.45) is 1.09. The van der Waals surface area contributed by atoms with Gasteiger partial charge in [0.15, 0.2) is 0 Å². The van der Waals surface area contributed by atoms with Crippen molar-refractivity contribution in [2.75, 3.05) is 40.4 Å². The number of likely N-dealkylation sites (N-methyl/N-ethyl adjacent to an activating group) is 1. The van der Waals surface area contributed by atoms with E-state index in [9.17, 15) is 0 Å². The number of nitrogens with zero attached hydrogens (tertiary/aromatic N) is 1. The van der Waals surface area contributed by atoms with E-state index >= 15 is 0 Å². The van der Waals surface area contributed by atoms with E-state index in [0.717, 1.165) is 32.7 Å². The monoisotopic (exact) mass is 328 g/mol. The molecule has 0 aliphatic heterocycles. The van der Waals surface area contributed by atoms with Crippen LogP contribution in [-0.2, 0) is 4.74 Å². The first-order chi connectivity index (χ1) is 9.19. The van der Waals surface area contributed by atoms with Crippen LogP contribution >= 0.6 is 15.9 Å². The van der Waals surface area contributed by atoms with Crippen molar-refractivity contribution < 1.29 is 4.74 Å². The van der Waals surface area contributed by atoms with E-state index in [0.29, 0.717) is 6.04 Å². The average molecular weight is 329 g/mol. The molecule has 3 nitrogen and oxygen atoms in total. The zero-order chi connectivity index (χ0) is 14.1. The van der Waals surface area contributed by atoms with Gasteiger partial charge in [-0.1, -0.05) is 41.1 Å². The standard InChI is InChI=1S/C15H25BrN2O/c1-4-17-15(9-10-18(2)11-12-19-3)13-7-5-6-8-14(13)16/h5-8,15,17H,4,9-12H2,1-3H3. The molecule has 0 heterocycles. The Morgan fingerprint density at radius 1 is 1.32 bits per heavy atom. The molecule has 1 unspecified atom stereocenters. The average Bonchev–Trinajstić information content (AvgIpc) is 2.42. The Hall–Kier alpha value is -0.420. The summed E-state index contributed by atoms with van der Waals surface area (Å²) in [5.41, 5.74) is 1.34. The molecule has 0 bridgehead atoms. The summed E-state index contributed by atoms with van der Waals surface area (Å²) in [4.78, 5) is 2.31. The topological polar surface area (TPSA) is 24.5 Å². The van der Waals surface area contributed by atoms with Gasteiger partial charge in [0, 0.05) is 24.2 Å². The maximum Gasteiger partial charge on any atom is 0.0589 e.